The molecule has 2 atom stereocenters. The Hall–Kier alpha value is -1.18. The quantitative estimate of drug-likeness (QED) is 0.726. The maximum atomic E-state index is 13.2. The Morgan fingerprint density at radius 1 is 1.22 bits per heavy atom. The van der Waals surface area contributed by atoms with Crippen LogP contribution in [0.2, 0.25) is 0 Å². The van der Waals surface area contributed by atoms with Gasteiger partial charge < -0.3 is 15.9 Å². The number of hydrogen-bond acceptors (Lipinski definition) is 3. The van der Waals surface area contributed by atoms with Crippen molar-refractivity contribution >= 4 is 0 Å². The van der Waals surface area contributed by atoms with Crippen LogP contribution in [0.25, 0.3) is 0 Å². The number of halogens is 4. The van der Waals surface area contributed by atoms with Crippen LogP contribution >= 0.6 is 0 Å². The second kappa shape index (κ2) is 5.64. The van der Waals surface area contributed by atoms with Crippen LogP contribution in [0.4, 0.5) is 17.6 Å². The van der Waals surface area contributed by atoms with Crippen molar-refractivity contribution in [2.45, 2.75) is 24.8 Å². The van der Waals surface area contributed by atoms with Crippen molar-refractivity contribution in [3.63, 3.8) is 0 Å². The largest absolute Gasteiger partial charge is 0.419 e. The summed E-state index contributed by atoms with van der Waals surface area (Å²) in [6, 6.07) is 2.02. The molecular weight excluding hydrogens is 254 g/mol. The van der Waals surface area contributed by atoms with E-state index in [0.717, 1.165) is 6.07 Å². The van der Waals surface area contributed by atoms with E-state index in [1.807, 2.05) is 0 Å². The summed E-state index contributed by atoms with van der Waals surface area (Å²) in [5, 5.41) is 19.0. The minimum Gasteiger partial charge on any atom is -0.390 e. The van der Waals surface area contributed by atoms with E-state index in [2.05, 4.69) is 0 Å². The summed E-state index contributed by atoms with van der Waals surface area (Å²) in [6.45, 7) is 0.0986. The molecule has 102 valence electrons. The van der Waals surface area contributed by atoms with Gasteiger partial charge in [0.2, 0.25) is 0 Å². The van der Waals surface area contributed by atoms with Crippen molar-refractivity contribution in [1.82, 2.24) is 0 Å². The van der Waals surface area contributed by atoms with E-state index in [1.54, 1.807) is 0 Å². The third-order valence-corrected chi connectivity index (χ3v) is 2.47. The highest BCUT2D eigenvalue weighted by atomic mass is 19.4. The Bertz CT molecular complexity index is 409. The standard InChI is InChI=1S/C11H13F4NO2/c12-8-5-6(10(18)9(17)3-4-16)1-2-7(8)11(13,14)15/h1-2,5,9-10,17-18H,3-4,16H2. The third-order valence-electron chi connectivity index (χ3n) is 2.47. The Morgan fingerprint density at radius 2 is 1.83 bits per heavy atom. The van der Waals surface area contributed by atoms with Gasteiger partial charge >= 0.3 is 6.18 Å². The lowest BCUT2D eigenvalue weighted by atomic mass is 10.0. The first-order chi connectivity index (χ1) is 8.27. The average molecular weight is 267 g/mol. The molecular formula is C11H13F4NO2. The van der Waals surface area contributed by atoms with Gasteiger partial charge in [-0.1, -0.05) is 6.07 Å². The van der Waals surface area contributed by atoms with E-state index >= 15 is 0 Å². The summed E-state index contributed by atoms with van der Waals surface area (Å²) < 4.78 is 50.1. The molecule has 0 aliphatic carbocycles. The number of benzene rings is 1. The summed E-state index contributed by atoms with van der Waals surface area (Å²) >= 11 is 0. The van der Waals surface area contributed by atoms with Crippen LogP contribution in [0.5, 0.6) is 0 Å². The van der Waals surface area contributed by atoms with Crippen LogP contribution in [0.1, 0.15) is 23.7 Å². The summed E-state index contributed by atoms with van der Waals surface area (Å²) in [4.78, 5) is 0. The highest BCUT2D eigenvalue weighted by Gasteiger charge is 2.34. The number of aliphatic hydroxyl groups is 2. The molecule has 18 heavy (non-hydrogen) atoms. The number of alkyl halides is 3. The van der Waals surface area contributed by atoms with Gasteiger partial charge in [-0.2, -0.15) is 13.2 Å². The maximum absolute atomic E-state index is 13.2. The summed E-state index contributed by atoms with van der Waals surface area (Å²) in [5.41, 5.74) is 3.63. The van der Waals surface area contributed by atoms with Crippen LogP contribution < -0.4 is 5.73 Å². The topological polar surface area (TPSA) is 66.5 Å². The molecule has 0 saturated heterocycles. The smallest absolute Gasteiger partial charge is 0.390 e. The van der Waals surface area contributed by atoms with Crippen LogP contribution in [0.3, 0.4) is 0 Å². The SMILES string of the molecule is NCCC(O)C(O)c1ccc(C(F)(F)F)c(F)c1. The second-order valence-electron chi connectivity index (χ2n) is 3.83. The van der Waals surface area contributed by atoms with Crippen LogP contribution in [0.15, 0.2) is 18.2 Å². The van der Waals surface area contributed by atoms with Gasteiger partial charge in [0.25, 0.3) is 0 Å². The number of rotatable bonds is 4. The first-order valence-electron chi connectivity index (χ1n) is 5.20. The van der Waals surface area contributed by atoms with Crippen LogP contribution in [-0.2, 0) is 6.18 Å². The molecule has 0 aromatic heterocycles. The van der Waals surface area contributed by atoms with Crippen molar-refractivity contribution in [2.24, 2.45) is 5.73 Å². The molecule has 0 amide bonds. The Morgan fingerprint density at radius 3 is 2.28 bits per heavy atom. The number of aliphatic hydroxyl groups excluding tert-OH is 2. The zero-order chi connectivity index (χ0) is 13.9. The van der Waals surface area contributed by atoms with E-state index in [9.17, 15) is 27.8 Å². The molecule has 0 aliphatic heterocycles. The highest BCUT2D eigenvalue weighted by molar-refractivity contribution is 5.28. The molecule has 1 aromatic rings. The van der Waals surface area contributed by atoms with Crippen molar-refractivity contribution in [1.29, 1.82) is 0 Å². The zero-order valence-electron chi connectivity index (χ0n) is 9.28. The second-order valence-corrected chi connectivity index (χ2v) is 3.83. The first-order valence-corrected chi connectivity index (χ1v) is 5.20. The van der Waals surface area contributed by atoms with Crippen LogP contribution in [0, 0.1) is 5.82 Å². The molecule has 1 rings (SSSR count). The van der Waals surface area contributed by atoms with Crippen molar-refractivity contribution in [2.75, 3.05) is 6.54 Å². The molecule has 0 heterocycles. The average Bonchev–Trinajstić information content (AvgIpc) is 2.26. The molecule has 0 saturated carbocycles. The Labute approximate surface area is 101 Å². The molecule has 0 spiro atoms. The predicted octanol–water partition coefficient (Wildman–Crippen LogP) is 1.59. The molecule has 7 heteroatoms. The molecule has 0 bridgehead atoms. The molecule has 1 aromatic carbocycles. The first kappa shape index (κ1) is 14.9. The van der Waals surface area contributed by atoms with Gasteiger partial charge in [-0.3, -0.25) is 0 Å². The minimum atomic E-state index is -4.79. The maximum Gasteiger partial charge on any atom is 0.419 e. The molecule has 3 nitrogen and oxygen atoms in total. The Kier molecular flexibility index (Phi) is 4.66. The minimum absolute atomic E-state index is 0.0593. The van der Waals surface area contributed by atoms with Gasteiger partial charge in [0.15, 0.2) is 0 Å². The van der Waals surface area contributed by atoms with E-state index in [1.165, 1.54) is 0 Å². The van der Waals surface area contributed by atoms with Crippen molar-refractivity contribution in [3.05, 3.63) is 35.1 Å². The third kappa shape index (κ3) is 3.41. The molecule has 0 radical (unpaired) electrons. The van der Waals surface area contributed by atoms with Gasteiger partial charge in [-0.15, -0.1) is 0 Å². The van der Waals surface area contributed by atoms with Gasteiger partial charge in [-0.05, 0) is 30.7 Å². The van der Waals surface area contributed by atoms with Gasteiger partial charge in [0.05, 0.1) is 11.7 Å². The fraction of sp³-hybridized carbons (Fsp3) is 0.455. The van der Waals surface area contributed by atoms with Gasteiger partial charge in [-0.25, -0.2) is 4.39 Å². The lowest BCUT2D eigenvalue weighted by Crippen LogP contribution is -2.22. The number of hydrogen-bond donors (Lipinski definition) is 3. The van der Waals surface area contributed by atoms with E-state index in [-0.39, 0.29) is 18.5 Å². The lowest BCUT2D eigenvalue weighted by Gasteiger charge is -2.18. The molecule has 0 fully saturated rings. The van der Waals surface area contributed by atoms with E-state index in [4.69, 9.17) is 5.73 Å². The van der Waals surface area contributed by atoms with Gasteiger partial charge in [0.1, 0.15) is 11.9 Å². The monoisotopic (exact) mass is 267 g/mol. The highest BCUT2D eigenvalue weighted by Crippen LogP contribution is 2.32. The molecule has 0 aliphatic rings. The van der Waals surface area contributed by atoms with Crippen molar-refractivity contribution in [3.8, 4) is 0 Å². The number of nitrogens with two attached hydrogens (primary N) is 1. The van der Waals surface area contributed by atoms with Crippen molar-refractivity contribution < 1.29 is 27.8 Å². The normalized spacial score (nSPS) is 15.5. The zero-order valence-corrected chi connectivity index (χ0v) is 9.28. The Balaban J connectivity index is 2.97. The fourth-order valence-corrected chi connectivity index (χ4v) is 1.50. The van der Waals surface area contributed by atoms with E-state index in [0.29, 0.717) is 12.1 Å². The fourth-order valence-electron chi connectivity index (χ4n) is 1.50. The summed E-state index contributed by atoms with van der Waals surface area (Å²) in [6.07, 6.45) is -7.44. The lowest BCUT2D eigenvalue weighted by molar-refractivity contribution is -0.140. The van der Waals surface area contributed by atoms with Crippen LogP contribution in [-0.4, -0.2) is 22.9 Å². The molecule has 4 N–H and O–H groups in total. The predicted molar refractivity (Wildman–Crippen MR) is 56.0 cm³/mol. The summed E-state index contributed by atoms with van der Waals surface area (Å²) in [7, 11) is 0. The summed E-state index contributed by atoms with van der Waals surface area (Å²) in [5.74, 6) is -1.49. The molecule has 2 unspecified atom stereocenters. The van der Waals surface area contributed by atoms with E-state index < -0.39 is 29.8 Å². The van der Waals surface area contributed by atoms with Gasteiger partial charge in [0, 0.05) is 0 Å².